The lowest BCUT2D eigenvalue weighted by Crippen LogP contribution is -2.12. The van der Waals surface area contributed by atoms with E-state index in [9.17, 15) is 18.0 Å². The van der Waals surface area contributed by atoms with Gasteiger partial charge in [0.2, 0.25) is 5.78 Å². The van der Waals surface area contributed by atoms with Crippen LogP contribution in [0.4, 0.5) is 13.2 Å². The quantitative estimate of drug-likeness (QED) is 0.630. The second-order valence-corrected chi connectivity index (χ2v) is 4.37. The zero-order valence-corrected chi connectivity index (χ0v) is 10.6. The first-order chi connectivity index (χ1) is 8.43. The molecule has 7 heteroatoms. The number of benzene rings is 1. The summed E-state index contributed by atoms with van der Waals surface area (Å²) in [6.07, 6.45) is 1.35. The molecule has 1 aromatic heterocycles. The Balaban J connectivity index is 2.57. The highest BCUT2D eigenvalue weighted by Gasteiger charge is 2.23. The first kappa shape index (κ1) is 12.8. The first-order valence-corrected chi connectivity index (χ1v) is 5.58. The van der Waals surface area contributed by atoms with Crippen molar-refractivity contribution in [1.82, 2.24) is 9.78 Å². The van der Waals surface area contributed by atoms with Crippen LogP contribution in [0.15, 0.2) is 22.8 Å². The van der Waals surface area contributed by atoms with Gasteiger partial charge >= 0.3 is 0 Å². The maximum Gasteiger partial charge on any atom is 0.215 e. The fourth-order valence-electron chi connectivity index (χ4n) is 1.49. The molecule has 0 aliphatic rings. The van der Waals surface area contributed by atoms with Gasteiger partial charge in [0.1, 0.15) is 5.69 Å². The van der Waals surface area contributed by atoms with Gasteiger partial charge < -0.3 is 0 Å². The van der Waals surface area contributed by atoms with Crippen molar-refractivity contribution in [1.29, 1.82) is 0 Å². The van der Waals surface area contributed by atoms with Crippen molar-refractivity contribution in [2.75, 3.05) is 0 Å². The molecule has 0 unspecified atom stereocenters. The van der Waals surface area contributed by atoms with Gasteiger partial charge in [0.15, 0.2) is 17.5 Å². The molecule has 0 atom stereocenters. The highest BCUT2D eigenvalue weighted by Crippen LogP contribution is 2.22. The minimum absolute atomic E-state index is 0.0555. The molecule has 0 saturated carbocycles. The van der Waals surface area contributed by atoms with Crippen LogP contribution < -0.4 is 0 Å². The predicted molar refractivity (Wildman–Crippen MR) is 60.7 cm³/mol. The van der Waals surface area contributed by atoms with Crippen LogP contribution in [0.5, 0.6) is 0 Å². The summed E-state index contributed by atoms with van der Waals surface area (Å²) >= 11 is 3.08. The van der Waals surface area contributed by atoms with Crippen molar-refractivity contribution in [2.45, 2.75) is 0 Å². The number of aryl methyl sites for hydroxylation is 1. The Bertz CT molecular complexity index is 620. The molecule has 3 nitrogen and oxygen atoms in total. The van der Waals surface area contributed by atoms with Gasteiger partial charge in [-0.15, -0.1) is 0 Å². The van der Waals surface area contributed by atoms with E-state index in [-0.39, 0.29) is 5.69 Å². The van der Waals surface area contributed by atoms with Gasteiger partial charge in [-0.3, -0.25) is 9.48 Å². The summed E-state index contributed by atoms with van der Waals surface area (Å²) in [6, 6.07) is 1.60. The average Bonchev–Trinajstić information content (AvgIpc) is 2.65. The van der Waals surface area contributed by atoms with Crippen LogP contribution in [-0.4, -0.2) is 15.6 Å². The molecular weight excluding hydrogens is 313 g/mol. The van der Waals surface area contributed by atoms with E-state index in [4.69, 9.17) is 0 Å². The average molecular weight is 319 g/mol. The van der Waals surface area contributed by atoms with Crippen molar-refractivity contribution >= 4 is 21.7 Å². The van der Waals surface area contributed by atoms with Gasteiger partial charge in [0.05, 0.1) is 16.2 Å². The minimum atomic E-state index is -1.67. The Morgan fingerprint density at radius 3 is 2.50 bits per heavy atom. The van der Waals surface area contributed by atoms with Crippen molar-refractivity contribution < 1.29 is 18.0 Å². The van der Waals surface area contributed by atoms with Crippen molar-refractivity contribution in [3.05, 3.63) is 51.5 Å². The number of carbonyl (C=O) groups is 1. The predicted octanol–water partition coefficient (Wildman–Crippen LogP) is 2.83. The number of hydrogen-bond donors (Lipinski definition) is 0. The summed E-state index contributed by atoms with van der Waals surface area (Å²) in [7, 11) is 1.48. The molecule has 2 rings (SSSR count). The van der Waals surface area contributed by atoms with Crippen molar-refractivity contribution in [2.24, 2.45) is 7.05 Å². The highest BCUT2D eigenvalue weighted by molar-refractivity contribution is 9.10. The van der Waals surface area contributed by atoms with E-state index in [1.807, 2.05) is 0 Å². The lowest BCUT2D eigenvalue weighted by atomic mass is 10.1. The van der Waals surface area contributed by atoms with Crippen LogP contribution in [0.25, 0.3) is 0 Å². The van der Waals surface area contributed by atoms with Crippen LogP contribution in [-0.2, 0) is 7.05 Å². The van der Waals surface area contributed by atoms with Crippen LogP contribution in [0.2, 0.25) is 0 Å². The zero-order chi connectivity index (χ0) is 13.4. The van der Waals surface area contributed by atoms with Gasteiger partial charge in [-0.05, 0) is 28.1 Å². The zero-order valence-electron chi connectivity index (χ0n) is 9.05. The van der Waals surface area contributed by atoms with E-state index in [1.165, 1.54) is 17.9 Å². The molecule has 0 bridgehead atoms. The number of hydrogen-bond acceptors (Lipinski definition) is 2. The van der Waals surface area contributed by atoms with E-state index in [0.717, 1.165) is 6.07 Å². The fraction of sp³-hybridized carbons (Fsp3) is 0.0909. The van der Waals surface area contributed by atoms with Gasteiger partial charge in [0, 0.05) is 7.05 Å². The number of ketones is 1. The molecule has 0 aliphatic carbocycles. The normalized spacial score (nSPS) is 10.7. The second kappa shape index (κ2) is 4.56. The largest absolute Gasteiger partial charge is 0.287 e. The van der Waals surface area contributed by atoms with E-state index < -0.39 is 28.8 Å². The number of halogens is 4. The Labute approximate surface area is 108 Å². The number of rotatable bonds is 2. The second-order valence-electron chi connectivity index (χ2n) is 3.52. The molecule has 0 radical (unpaired) electrons. The number of aromatic nitrogens is 2. The molecule has 94 valence electrons. The summed E-state index contributed by atoms with van der Waals surface area (Å²) in [4.78, 5) is 12.0. The van der Waals surface area contributed by atoms with Crippen LogP contribution in [0.1, 0.15) is 16.1 Å². The standard InChI is InChI=1S/C11H6BrF3N2O/c1-17-10(6(12)4-16-17)11(18)5-2-3-7(13)9(15)8(5)14/h2-4H,1H3. The Kier molecular flexibility index (Phi) is 3.25. The van der Waals surface area contributed by atoms with Crippen molar-refractivity contribution in [3.63, 3.8) is 0 Å². The minimum Gasteiger partial charge on any atom is -0.287 e. The molecule has 0 aliphatic heterocycles. The summed E-state index contributed by atoms with van der Waals surface area (Å²) in [5.74, 6) is -5.29. The molecule has 18 heavy (non-hydrogen) atoms. The maximum atomic E-state index is 13.5. The van der Waals surface area contributed by atoms with Crippen LogP contribution in [0, 0.1) is 17.5 Å². The maximum absolute atomic E-state index is 13.5. The van der Waals surface area contributed by atoms with Gasteiger partial charge in [-0.25, -0.2) is 13.2 Å². The van der Waals surface area contributed by atoms with Crippen molar-refractivity contribution in [3.8, 4) is 0 Å². The van der Waals surface area contributed by atoms with E-state index in [2.05, 4.69) is 21.0 Å². The number of nitrogens with zero attached hydrogens (tertiary/aromatic N) is 2. The summed E-state index contributed by atoms with van der Waals surface area (Å²) in [5, 5.41) is 3.79. The summed E-state index contributed by atoms with van der Waals surface area (Å²) < 4.78 is 40.9. The summed E-state index contributed by atoms with van der Waals surface area (Å²) in [5.41, 5.74) is -0.488. The third-order valence-corrected chi connectivity index (χ3v) is 2.97. The van der Waals surface area contributed by atoms with Gasteiger partial charge in [-0.2, -0.15) is 5.10 Å². The Morgan fingerprint density at radius 2 is 1.94 bits per heavy atom. The lowest BCUT2D eigenvalue weighted by molar-refractivity contribution is 0.102. The third kappa shape index (κ3) is 1.94. The molecule has 2 aromatic rings. The Hall–Kier alpha value is -1.63. The lowest BCUT2D eigenvalue weighted by Gasteiger charge is -2.05. The molecule has 0 amide bonds. The molecule has 1 aromatic carbocycles. The summed E-state index contributed by atoms with van der Waals surface area (Å²) in [6.45, 7) is 0. The van der Waals surface area contributed by atoms with Gasteiger partial charge in [0.25, 0.3) is 0 Å². The van der Waals surface area contributed by atoms with Crippen LogP contribution >= 0.6 is 15.9 Å². The SMILES string of the molecule is Cn1ncc(Br)c1C(=O)c1ccc(F)c(F)c1F. The molecule has 0 saturated heterocycles. The topological polar surface area (TPSA) is 34.9 Å². The third-order valence-electron chi connectivity index (χ3n) is 2.39. The van der Waals surface area contributed by atoms with E-state index in [0.29, 0.717) is 10.5 Å². The van der Waals surface area contributed by atoms with E-state index >= 15 is 0 Å². The molecular formula is C11H6BrF3N2O. The van der Waals surface area contributed by atoms with Gasteiger partial charge in [-0.1, -0.05) is 0 Å². The Morgan fingerprint density at radius 1 is 1.28 bits per heavy atom. The van der Waals surface area contributed by atoms with Crippen LogP contribution in [0.3, 0.4) is 0 Å². The fourth-order valence-corrected chi connectivity index (χ4v) is 2.02. The smallest absolute Gasteiger partial charge is 0.215 e. The number of carbonyl (C=O) groups excluding carboxylic acids is 1. The molecule has 0 N–H and O–H groups in total. The molecule has 0 spiro atoms. The molecule has 0 fully saturated rings. The first-order valence-electron chi connectivity index (χ1n) is 4.79. The highest BCUT2D eigenvalue weighted by atomic mass is 79.9. The van der Waals surface area contributed by atoms with E-state index in [1.54, 1.807) is 0 Å². The monoisotopic (exact) mass is 318 g/mol. The molecule has 1 heterocycles.